The average molecular weight is 247 g/mol. The zero-order valence-corrected chi connectivity index (χ0v) is 9.79. The molecule has 1 aromatic rings. The van der Waals surface area contributed by atoms with E-state index >= 15 is 0 Å². The number of ether oxygens (including phenoxy) is 1. The monoisotopic (exact) mass is 247 g/mol. The fourth-order valence-corrected chi connectivity index (χ4v) is 1.21. The fourth-order valence-electron chi connectivity index (χ4n) is 1.21. The van der Waals surface area contributed by atoms with Gasteiger partial charge in [-0.3, -0.25) is 0 Å². The van der Waals surface area contributed by atoms with E-state index in [2.05, 4.69) is 0 Å². The van der Waals surface area contributed by atoms with Gasteiger partial charge in [0.05, 0.1) is 5.56 Å². The van der Waals surface area contributed by atoms with Crippen LogP contribution in [-0.4, -0.2) is 12.6 Å². The van der Waals surface area contributed by atoms with Crippen LogP contribution in [0, 0.1) is 5.92 Å². The molecule has 1 aromatic carbocycles. The summed E-state index contributed by atoms with van der Waals surface area (Å²) < 4.78 is 43.0. The quantitative estimate of drug-likeness (QED) is 0.887. The number of hydrogen-bond donors (Lipinski definition) is 1. The zero-order chi connectivity index (χ0) is 13.1. The molecule has 0 radical (unpaired) electrons. The van der Waals surface area contributed by atoms with Crippen molar-refractivity contribution in [2.45, 2.75) is 26.1 Å². The van der Waals surface area contributed by atoms with Gasteiger partial charge in [-0.15, -0.1) is 0 Å². The van der Waals surface area contributed by atoms with Crippen molar-refractivity contribution in [1.82, 2.24) is 0 Å². The third-order valence-corrected chi connectivity index (χ3v) is 2.48. The first-order valence-electron chi connectivity index (χ1n) is 5.37. The van der Waals surface area contributed by atoms with Gasteiger partial charge in [-0.05, 0) is 18.1 Å². The number of rotatable bonds is 4. The first-order valence-corrected chi connectivity index (χ1v) is 5.37. The van der Waals surface area contributed by atoms with Crippen LogP contribution in [0.1, 0.15) is 19.4 Å². The van der Waals surface area contributed by atoms with Crippen LogP contribution in [0.4, 0.5) is 13.2 Å². The minimum absolute atomic E-state index is 0.0742. The minimum Gasteiger partial charge on any atom is -0.491 e. The summed E-state index contributed by atoms with van der Waals surface area (Å²) in [4.78, 5) is 0. The second-order valence-corrected chi connectivity index (χ2v) is 4.21. The summed E-state index contributed by atoms with van der Waals surface area (Å²) >= 11 is 0. The van der Waals surface area contributed by atoms with Crippen molar-refractivity contribution in [1.29, 1.82) is 0 Å². The van der Waals surface area contributed by atoms with Crippen LogP contribution in [-0.2, 0) is 6.18 Å². The van der Waals surface area contributed by atoms with Gasteiger partial charge in [0.2, 0.25) is 0 Å². The molecule has 0 aliphatic rings. The van der Waals surface area contributed by atoms with Gasteiger partial charge in [0.1, 0.15) is 12.4 Å². The summed E-state index contributed by atoms with van der Waals surface area (Å²) in [6, 6.07) is 4.85. The van der Waals surface area contributed by atoms with E-state index in [4.69, 9.17) is 10.5 Å². The lowest BCUT2D eigenvalue weighted by atomic mass is 10.1. The molecule has 0 heterocycles. The molecule has 0 aliphatic heterocycles. The van der Waals surface area contributed by atoms with Gasteiger partial charge in [-0.2, -0.15) is 13.2 Å². The Hall–Kier alpha value is -1.23. The van der Waals surface area contributed by atoms with Crippen LogP contribution in [0.5, 0.6) is 5.75 Å². The molecular formula is C12H16F3NO. The Morgan fingerprint density at radius 2 is 1.82 bits per heavy atom. The van der Waals surface area contributed by atoms with E-state index in [0.717, 1.165) is 6.07 Å². The highest BCUT2D eigenvalue weighted by molar-refractivity contribution is 5.35. The van der Waals surface area contributed by atoms with Crippen molar-refractivity contribution in [2.75, 3.05) is 6.61 Å². The lowest BCUT2D eigenvalue weighted by Crippen LogP contribution is -2.33. The van der Waals surface area contributed by atoms with E-state index < -0.39 is 11.7 Å². The normalized spacial score (nSPS) is 13.8. The molecule has 1 unspecified atom stereocenters. The largest absolute Gasteiger partial charge is 0.491 e. The molecule has 5 heteroatoms. The molecule has 1 atom stereocenters. The molecule has 0 bridgehead atoms. The first-order chi connectivity index (χ1) is 7.82. The lowest BCUT2D eigenvalue weighted by Gasteiger charge is -2.18. The molecule has 0 spiro atoms. The topological polar surface area (TPSA) is 35.2 Å². The molecule has 0 saturated heterocycles. The molecule has 0 saturated carbocycles. The van der Waals surface area contributed by atoms with Gasteiger partial charge in [0.15, 0.2) is 0 Å². The number of halogens is 3. The molecule has 0 aliphatic carbocycles. The molecule has 2 nitrogen and oxygen atoms in total. The number of hydrogen-bond acceptors (Lipinski definition) is 2. The standard InChI is InChI=1S/C12H16F3NO/c1-8(2)10(16)7-17-11-6-4-3-5-9(11)12(13,14)15/h3-6,8,10H,7,16H2,1-2H3. The van der Waals surface area contributed by atoms with Crippen molar-refractivity contribution in [3.63, 3.8) is 0 Å². The molecule has 1 rings (SSSR count). The third-order valence-electron chi connectivity index (χ3n) is 2.48. The molecule has 17 heavy (non-hydrogen) atoms. The summed E-state index contributed by atoms with van der Waals surface area (Å²) in [7, 11) is 0. The highest BCUT2D eigenvalue weighted by atomic mass is 19.4. The molecule has 0 aromatic heterocycles. The van der Waals surface area contributed by atoms with E-state index in [1.54, 1.807) is 0 Å². The van der Waals surface area contributed by atoms with Crippen molar-refractivity contribution in [3.05, 3.63) is 29.8 Å². The Morgan fingerprint density at radius 3 is 2.35 bits per heavy atom. The fraction of sp³-hybridized carbons (Fsp3) is 0.500. The SMILES string of the molecule is CC(C)C(N)COc1ccccc1C(F)(F)F. The Balaban J connectivity index is 2.78. The number of para-hydroxylation sites is 1. The van der Waals surface area contributed by atoms with Gasteiger partial charge >= 0.3 is 6.18 Å². The van der Waals surface area contributed by atoms with Crippen LogP contribution in [0.3, 0.4) is 0 Å². The van der Waals surface area contributed by atoms with Gasteiger partial charge in [-0.25, -0.2) is 0 Å². The summed E-state index contributed by atoms with van der Waals surface area (Å²) in [6.07, 6.45) is -4.40. The Bertz CT molecular complexity index is 363. The molecule has 96 valence electrons. The lowest BCUT2D eigenvalue weighted by molar-refractivity contribution is -0.139. The Labute approximate surface area is 98.6 Å². The Kier molecular flexibility index (Phi) is 4.40. The second-order valence-electron chi connectivity index (χ2n) is 4.21. The number of nitrogens with two attached hydrogens (primary N) is 1. The zero-order valence-electron chi connectivity index (χ0n) is 9.79. The third kappa shape index (κ3) is 3.93. The van der Waals surface area contributed by atoms with Gasteiger partial charge in [-0.1, -0.05) is 26.0 Å². The van der Waals surface area contributed by atoms with Gasteiger partial charge in [0.25, 0.3) is 0 Å². The average Bonchev–Trinajstić information content (AvgIpc) is 2.24. The van der Waals surface area contributed by atoms with Crippen LogP contribution in [0.2, 0.25) is 0 Å². The number of alkyl halides is 3. The maximum absolute atomic E-state index is 12.6. The van der Waals surface area contributed by atoms with Crippen molar-refractivity contribution >= 4 is 0 Å². The highest BCUT2D eigenvalue weighted by Crippen LogP contribution is 2.35. The maximum atomic E-state index is 12.6. The summed E-state index contributed by atoms with van der Waals surface area (Å²) in [6.45, 7) is 3.86. The maximum Gasteiger partial charge on any atom is 0.419 e. The van der Waals surface area contributed by atoms with E-state index in [0.29, 0.717) is 0 Å². The smallest absolute Gasteiger partial charge is 0.419 e. The van der Waals surface area contributed by atoms with Gasteiger partial charge < -0.3 is 10.5 Å². The Morgan fingerprint density at radius 1 is 1.24 bits per heavy atom. The molecule has 0 amide bonds. The van der Waals surface area contributed by atoms with E-state index in [1.807, 2.05) is 13.8 Å². The van der Waals surface area contributed by atoms with E-state index in [1.165, 1.54) is 18.2 Å². The van der Waals surface area contributed by atoms with E-state index in [9.17, 15) is 13.2 Å². The summed E-state index contributed by atoms with van der Waals surface area (Å²) in [5.41, 5.74) is 4.95. The predicted octanol–water partition coefficient (Wildman–Crippen LogP) is 3.07. The van der Waals surface area contributed by atoms with Crippen LogP contribution < -0.4 is 10.5 Å². The van der Waals surface area contributed by atoms with Gasteiger partial charge in [0, 0.05) is 6.04 Å². The molecular weight excluding hydrogens is 231 g/mol. The van der Waals surface area contributed by atoms with Crippen LogP contribution in [0.25, 0.3) is 0 Å². The van der Waals surface area contributed by atoms with Crippen LogP contribution >= 0.6 is 0 Å². The van der Waals surface area contributed by atoms with Crippen molar-refractivity contribution < 1.29 is 17.9 Å². The summed E-state index contributed by atoms with van der Waals surface area (Å²) in [5, 5.41) is 0. The van der Waals surface area contributed by atoms with E-state index in [-0.39, 0.29) is 24.3 Å². The minimum atomic E-state index is -4.40. The molecule has 2 N–H and O–H groups in total. The summed E-state index contributed by atoms with van der Waals surface area (Å²) in [5.74, 6) is -0.0100. The molecule has 0 fully saturated rings. The first kappa shape index (κ1) is 13.8. The van der Waals surface area contributed by atoms with Crippen LogP contribution in [0.15, 0.2) is 24.3 Å². The number of benzene rings is 1. The van der Waals surface area contributed by atoms with Crippen molar-refractivity contribution in [2.24, 2.45) is 11.7 Å². The second kappa shape index (κ2) is 5.40. The van der Waals surface area contributed by atoms with Crippen molar-refractivity contribution in [3.8, 4) is 5.75 Å². The predicted molar refractivity (Wildman–Crippen MR) is 59.8 cm³/mol. The highest BCUT2D eigenvalue weighted by Gasteiger charge is 2.34.